The summed E-state index contributed by atoms with van der Waals surface area (Å²) in [5.41, 5.74) is 0.799. The molecule has 2 aromatic rings. The summed E-state index contributed by atoms with van der Waals surface area (Å²) in [6, 6.07) is 6.62. The quantitative estimate of drug-likeness (QED) is 0.839. The minimum absolute atomic E-state index is 0.118. The topological polar surface area (TPSA) is 51.2 Å². The van der Waals surface area contributed by atoms with E-state index in [1.54, 1.807) is 31.5 Å². The predicted molar refractivity (Wildman–Crippen MR) is 79.2 cm³/mol. The number of carbonyl (C=O) groups is 1. The Kier molecular flexibility index (Phi) is 5.38. The number of hydrogen-bond donors (Lipinski definition) is 1. The van der Waals surface area contributed by atoms with Crippen LogP contribution in [0.4, 0.5) is 23.2 Å². The van der Waals surface area contributed by atoms with E-state index in [2.05, 4.69) is 15.0 Å². The van der Waals surface area contributed by atoms with Gasteiger partial charge in [-0.3, -0.25) is 9.78 Å². The van der Waals surface area contributed by atoms with Gasteiger partial charge < -0.3 is 10.1 Å². The summed E-state index contributed by atoms with van der Waals surface area (Å²) in [7, 11) is 0. The largest absolute Gasteiger partial charge is 0.481 e. The first-order valence-corrected chi connectivity index (χ1v) is 6.96. The molecule has 1 atom stereocenters. The second-order valence-electron chi connectivity index (χ2n) is 5.05. The van der Waals surface area contributed by atoms with Gasteiger partial charge in [-0.25, -0.2) is 4.39 Å². The molecule has 0 bridgehead atoms. The van der Waals surface area contributed by atoms with E-state index < -0.39 is 36.2 Å². The molecule has 0 fully saturated rings. The van der Waals surface area contributed by atoms with Gasteiger partial charge in [-0.05, 0) is 30.7 Å². The number of hydrogen-bond acceptors (Lipinski definition) is 3. The molecule has 1 heterocycles. The Balaban J connectivity index is 2.03. The first kappa shape index (κ1) is 17.7. The Morgan fingerprint density at radius 3 is 2.67 bits per heavy atom. The van der Waals surface area contributed by atoms with E-state index >= 15 is 0 Å². The molecular formula is C16H14F4N2O2. The Morgan fingerprint density at radius 1 is 1.33 bits per heavy atom. The molecule has 8 heteroatoms. The van der Waals surface area contributed by atoms with Crippen molar-refractivity contribution in [3.8, 4) is 5.75 Å². The molecule has 1 aromatic carbocycles. The predicted octanol–water partition coefficient (Wildman–Crippen LogP) is 3.90. The monoisotopic (exact) mass is 342 g/mol. The van der Waals surface area contributed by atoms with Gasteiger partial charge in [0.1, 0.15) is 0 Å². The standard InChI is InChI=1S/C16H14F4N2O2/c1-10(11-3-2-6-21-8-11)15(23)22-12-4-5-14(13(17)7-12)24-9-16(18,19)20/h2-8,10H,9H2,1H3,(H,22,23)/t10-/m1/s1. The lowest BCUT2D eigenvalue weighted by atomic mass is 10.0. The van der Waals surface area contributed by atoms with Crippen LogP contribution < -0.4 is 10.1 Å². The summed E-state index contributed by atoms with van der Waals surface area (Å²) in [5, 5.41) is 2.50. The highest BCUT2D eigenvalue weighted by Gasteiger charge is 2.29. The summed E-state index contributed by atoms with van der Waals surface area (Å²) in [6.45, 7) is 0.0666. The van der Waals surface area contributed by atoms with Gasteiger partial charge in [0.25, 0.3) is 0 Å². The van der Waals surface area contributed by atoms with Crippen LogP contribution in [-0.4, -0.2) is 23.7 Å². The second-order valence-corrected chi connectivity index (χ2v) is 5.05. The zero-order chi connectivity index (χ0) is 17.7. The fraction of sp³-hybridized carbons (Fsp3) is 0.250. The van der Waals surface area contributed by atoms with E-state index in [9.17, 15) is 22.4 Å². The molecule has 0 unspecified atom stereocenters. The lowest BCUT2D eigenvalue weighted by Crippen LogP contribution is -2.20. The number of halogens is 4. The highest BCUT2D eigenvalue weighted by atomic mass is 19.4. The van der Waals surface area contributed by atoms with Crippen molar-refractivity contribution < 1.29 is 27.1 Å². The molecule has 2 rings (SSSR count). The Hall–Kier alpha value is -2.64. The van der Waals surface area contributed by atoms with E-state index in [1.165, 1.54) is 6.07 Å². The molecule has 24 heavy (non-hydrogen) atoms. The number of nitrogens with one attached hydrogen (secondary N) is 1. The van der Waals surface area contributed by atoms with E-state index in [-0.39, 0.29) is 5.69 Å². The SMILES string of the molecule is C[C@@H](C(=O)Nc1ccc(OCC(F)(F)F)c(F)c1)c1cccnc1. The van der Waals surface area contributed by atoms with E-state index in [1.807, 2.05) is 0 Å². The lowest BCUT2D eigenvalue weighted by molar-refractivity contribution is -0.153. The van der Waals surface area contributed by atoms with Crippen molar-refractivity contribution in [2.75, 3.05) is 11.9 Å². The van der Waals surface area contributed by atoms with Crippen LogP contribution in [0.25, 0.3) is 0 Å². The smallest absolute Gasteiger partial charge is 0.422 e. The molecular weight excluding hydrogens is 328 g/mol. The number of carbonyl (C=O) groups excluding carboxylic acids is 1. The molecule has 0 saturated carbocycles. The minimum Gasteiger partial charge on any atom is -0.481 e. The highest BCUT2D eigenvalue weighted by molar-refractivity contribution is 5.95. The molecule has 1 aromatic heterocycles. The molecule has 4 nitrogen and oxygen atoms in total. The Bertz CT molecular complexity index is 705. The number of amides is 1. The fourth-order valence-electron chi connectivity index (χ4n) is 1.89. The third-order valence-corrected chi connectivity index (χ3v) is 3.17. The highest BCUT2D eigenvalue weighted by Crippen LogP contribution is 2.25. The number of pyridine rings is 1. The van der Waals surface area contributed by atoms with Crippen LogP contribution in [-0.2, 0) is 4.79 Å². The molecule has 0 aliphatic carbocycles. The van der Waals surface area contributed by atoms with Crippen molar-refractivity contribution in [3.05, 3.63) is 54.1 Å². The first-order chi connectivity index (χ1) is 11.3. The van der Waals surface area contributed by atoms with Crippen LogP contribution in [0.5, 0.6) is 5.75 Å². The van der Waals surface area contributed by atoms with Gasteiger partial charge in [0.15, 0.2) is 18.2 Å². The van der Waals surface area contributed by atoms with Crippen LogP contribution in [0.15, 0.2) is 42.7 Å². The third kappa shape index (κ3) is 4.94. The average Bonchev–Trinajstić information content (AvgIpc) is 2.53. The average molecular weight is 342 g/mol. The van der Waals surface area contributed by atoms with E-state index in [0.29, 0.717) is 5.56 Å². The molecule has 128 valence electrons. The van der Waals surface area contributed by atoms with Gasteiger partial charge in [0.05, 0.1) is 5.92 Å². The molecule has 0 radical (unpaired) electrons. The molecule has 0 spiro atoms. The van der Waals surface area contributed by atoms with Crippen LogP contribution in [0.2, 0.25) is 0 Å². The zero-order valence-electron chi connectivity index (χ0n) is 12.6. The number of benzene rings is 1. The maximum atomic E-state index is 13.7. The van der Waals surface area contributed by atoms with Gasteiger partial charge in [-0.15, -0.1) is 0 Å². The number of anilines is 1. The lowest BCUT2D eigenvalue weighted by Gasteiger charge is -2.14. The van der Waals surface area contributed by atoms with Crippen LogP contribution in [0, 0.1) is 5.82 Å². The van der Waals surface area contributed by atoms with Gasteiger partial charge in [-0.1, -0.05) is 6.07 Å². The van der Waals surface area contributed by atoms with Gasteiger partial charge >= 0.3 is 6.18 Å². The summed E-state index contributed by atoms with van der Waals surface area (Å²) in [5.74, 6) is -2.45. The van der Waals surface area contributed by atoms with Crippen molar-refractivity contribution >= 4 is 11.6 Å². The van der Waals surface area contributed by atoms with Crippen molar-refractivity contribution in [1.82, 2.24) is 4.98 Å². The van der Waals surface area contributed by atoms with Gasteiger partial charge in [0.2, 0.25) is 5.91 Å². The molecule has 0 aliphatic heterocycles. The van der Waals surface area contributed by atoms with Crippen LogP contribution in [0.1, 0.15) is 18.4 Å². The van der Waals surface area contributed by atoms with Crippen molar-refractivity contribution in [2.24, 2.45) is 0 Å². The molecule has 0 saturated heterocycles. The first-order valence-electron chi connectivity index (χ1n) is 6.96. The van der Waals surface area contributed by atoms with Crippen molar-refractivity contribution in [1.29, 1.82) is 0 Å². The summed E-state index contributed by atoms with van der Waals surface area (Å²) in [4.78, 5) is 16.0. The fourth-order valence-corrected chi connectivity index (χ4v) is 1.89. The van der Waals surface area contributed by atoms with Crippen LogP contribution >= 0.6 is 0 Å². The molecule has 0 aliphatic rings. The Labute approximate surface area is 135 Å². The number of aromatic nitrogens is 1. The van der Waals surface area contributed by atoms with Crippen LogP contribution in [0.3, 0.4) is 0 Å². The Morgan fingerprint density at radius 2 is 2.08 bits per heavy atom. The number of nitrogens with zero attached hydrogens (tertiary/aromatic N) is 1. The van der Waals surface area contributed by atoms with Crippen molar-refractivity contribution in [3.63, 3.8) is 0 Å². The third-order valence-electron chi connectivity index (χ3n) is 3.17. The zero-order valence-corrected chi connectivity index (χ0v) is 12.6. The summed E-state index contributed by atoms with van der Waals surface area (Å²) < 4.78 is 54.3. The minimum atomic E-state index is -4.56. The van der Waals surface area contributed by atoms with Gasteiger partial charge in [-0.2, -0.15) is 13.2 Å². The van der Waals surface area contributed by atoms with Crippen molar-refractivity contribution in [2.45, 2.75) is 19.0 Å². The number of alkyl halides is 3. The maximum Gasteiger partial charge on any atom is 0.422 e. The number of rotatable bonds is 5. The van der Waals surface area contributed by atoms with E-state index in [0.717, 1.165) is 12.1 Å². The number of ether oxygens (including phenoxy) is 1. The second kappa shape index (κ2) is 7.29. The summed E-state index contributed by atoms with van der Waals surface area (Å²) in [6.07, 6.45) is -1.44. The van der Waals surface area contributed by atoms with E-state index in [4.69, 9.17) is 0 Å². The maximum absolute atomic E-state index is 13.7. The summed E-state index contributed by atoms with van der Waals surface area (Å²) >= 11 is 0. The normalized spacial score (nSPS) is 12.5. The van der Waals surface area contributed by atoms with Gasteiger partial charge in [0, 0.05) is 24.1 Å². The molecule has 1 N–H and O–H groups in total. The molecule has 1 amide bonds.